The van der Waals surface area contributed by atoms with Crippen LogP contribution in [-0.4, -0.2) is 28.3 Å². The molecule has 5 aromatic rings. The Bertz CT molecular complexity index is 1290. The van der Waals surface area contributed by atoms with E-state index in [0.29, 0.717) is 13.2 Å². The summed E-state index contributed by atoms with van der Waals surface area (Å²) in [6, 6.07) is 20.5. The van der Waals surface area contributed by atoms with Gasteiger partial charge in [-0.05, 0) is 34.7 Å². The number of rotatable bonds is 8. The first-order valence-electron chi connectivity index (χ1n) is 10.3. The molecule has 0 amide bonds. The molecule has 6 heteroatoms. The summed E-state index contributed by atoms with van der Waals surface area (Å²) in [5.74, 6) is 1.88. The van der Waals surface area contributed by atoms with E-state index in [-0.39, 0.29) is 0 Å². The van der Waals surface area contributed by atoms with Gasteiger partial charge >= 0.3 is 0 Å². The number of imidazole rings is 1. The lowest BCUT2D eigenvalue weighted by atomic mass is 10.2. The number of aromatic nitrogens is 3. The van der Waals surface area contributed by atoms with Crippen molar-refractivity contribution in [2.75, 3.05) is 13.7 Å². The third kappa shape index (κ3) is 4.17. The number of ether oxygens (including phenoxy) is 2. The number of nitrogens with zero attached hydrogens (tertiary/aromatic N) is 3. The molecule has 0 saturated carbocycles. The highest BCUT2D eigenvalue weighted by Gasteiger charge is 2.15. The van der Waals surface area contributed by atoms with Crippen LogP contribution in [0.5, 0.6) is 5.75 Å². The molecule has 2 aromatic carbocycles. The molecule has 3 aromatic heterocycles. The fourth-order valence-corrected chi connectivity index (χ4v) is 4.66. The zero-order chi connectivity index (χ0) is 21.0. The van der Waals surface area contributed by atoms with E-state index in [1.54, 1.807) is 18.4 Å². The van der Waals surface area contributed by atoms with Gasteiger partial charge in [-0.25, -0.2) is 4.98 Å². The van der Waals surface area contributed by atoms with E-state index < -0.39 is 0 Å². The van der Waals surface area contributed by atoms with Gasteiger partial charge in [0.05, 0.1) is 42.3 Å². The summed E-state index contributed by atoms with van der Waals surface area (Å²) in [6.45, 7) is 1.96. The number of benzene rings is 2. The van der Waals surface area contributed by atoms with Crippen LogP contribution in [0.1, 0.15) is 17.0 Å². The zero-order valence-corrected chi connectivity index (χ0v) is 18.1. The van der Waals surface area contributed by atoms with Gasteiger partial charge in [-0.2, -0.15) is 0 Å². The molecule has 0 N–H and O–H groups in total. The van der Waals surface area contributed by atoms with Crippen molar-refractivity contribution in [3.05, 3.63) is 89.2 Å². The van der Waals surface area contributed by atoms with Crippen molar-refractivity contribution >= 4 is 32.6 Å². The van der Waals surface area contributed by atoms with Crippen LogP contribution >= 0.6 is 11.3 Å². The topological polar surface area (TPSA) is 49.2 Å². The van der Waals surface area contributed by atoms with Crippen molar-refractivity contribution in [1.29, 1.82) is 0 Å². The molecule has 31 heavy (non-hydrogen) atoms. The maximum absolute atomic E-state index is 5.94. The SMILES string of the molecule is COc1ccc(Cn2c(CCOCc3ccccc3)nc3cnc4ccsc4c32)cc1. The Morgan fingerprint density at radius 3 is 2.58 bits per heavy atom. The summed E-state index contributed by atoms with van der Waals surface area (Å²) >= 11 is 1.71. The Kier molecular flexibility index (Phi) is 5.65. The highest BCUT2D eigenvalue weighted by Crippen LogP contribution is 2.30. The van der Waals surface area contributed by atoms with E-state index in [2.05, 4.69) is 45.3 Å². The van der Waals surface area contributed by atoms with E-state index in [1.165, 1.54) is 15.8 Å². The standard InChI is InChI=1S/C25H23N3O2S/c1-29-20-9-7-18(8-10-20)16-28-23(11-13-30-17-19-5-3-2-4-6-19)27-22-15-26-21-12-14-31-25(21)24(22)28/h2-10,12,14-15H,11,13,16-17H2,1H3. The summed E-state index contributed by atoms with van der Waals surface area (Å²) < 4.78 is 14.7. The van der Waals surface area contributed by atoms with Crippen molar-refractivity contribution < 1.29 is 9.47 Å². The lowest BCUT2D eigenvalue weighted by Gasteiger charge is -2.11. The molecular weight excluding hydrogens is 406 g/mol. The first kappa shape index (κ1) is 19.7. The minimum absolute atomic E-state index is 0.607. The number of methoxy groups -OCH3 is 1. The average Bonchev–Trinajstić information content (AvgIpc) is 3.42. The van der Waals surface area contributed by atoms with E-state index in [0.717, 1.165) is 41.1 Å². The summed E-state index contributed by atoms with van der Waals surface area (Å²) in [5, 5.41) is 2.09. The smallest absolute Gasteiger partial charge is 0.118 e. The van der Waals surface area contributed by atoms with Crippen LogP contribution in [0.3, 0.4) is 0 Å². The van der Waals surface area contributed by atoms with E-state index in [1.807, 2.05) is 36.5 Å². The molecule has 0 spiro atoms. The highest BCUT2D eigenvalue weighted by molar-refractivity contribution is 7.18. The Balaban J connectivity index is 1.43. The third-order valence-electron chi connectivity index (χ3n) is 5.34. The molecule has 0 aliphatic heterocycles. The van der Waals surface area contributed by atoms with Crippen LogP contribution < -0.4 is 4.74 Å². The van der Waals surface area contributed by atoms with Crippen LogP contribution in [0, 0.1) is 0 Å². The van der Waals surface area contributed by atoms with Gasteiger partial charge in [-0.1, -0.05) is 42.5 Å². The van der Waals surface area contributed by atoms with Crippen molar-refractivity contribution in [3.8, 4) is 5.75 Å². The third-order valence-corrected chi connectivity index (χ3v) is 6.25. The number of hydrogen-bond donors (Lipinski definition) is 0. The highest BCUT2D eigenvalue weighted by atomic mass is 32.1. The van der Waals surface area contributed by atoms with Gasteiger partial charge in [0.1, 0.15) is 17.1 Å². The van der Waals surface area contributed by atoms with Crippen LogP contribution in [0.25, 0.3) is 21.3 Å². The average molecular weight is 430 g/mol. The second kappa shape index (κ2) is 8.88. The maximum atomic E-state index is 5.94. The van der Waals surface area contributed by atoms with Gasteiger partial charge < -0.3 is 14.0 Å². The number of thiophene rings is 1. The molecule has 0 aliphatic rings. The minimum atomic E-state index is 0.607. The Labute approximate surface area is 184 Å². The molecule has 5 rings (SSSR count). The van der Waals surface area contributed by atoms with Crippen molar-refractivity contribution in [3.63, 3.8) is 0 Å². The Hall–Kier alpha value is -3.22. The molecule has 5 nitrogen and oxygen atoms in total. The Morgan fingerprint density at radius 2 is 1.77 bits per heavy atom. The monoisotopic (exact) mass is 429 g/mol. The second-order valence-corrected chi connectivity index (χ2v) is 8.29. The molecule has 0 saturated heterocycles. The minimum Gasteiger partial charge on any atom is -0.497 e. The fourth-order valence-electron chi connectivity index (χ4n) is 3.76. The summed E-state index contributed by atoms with van der Waals surface area (Å²) in [6.07, 6.45) is 2.62. The maximum Gasteiger partial charge on any atom is 0.118 e. The number of hydrogen-bond acceptors (Lipinski definition) is 5. The molecule has 0 fully saturated rings. The van der Waals surface area contributed by atoms with E-state index in [4.69, 9.17) is 14.5 Å². The van der Waals surface area contributed by atoms with E-state index >= 15 is 0 Å². The molecule has 0 aliphatic carbocycles. The van der Waals surface area contributed by atoms with Crippen molar-refractivity contribution in [1.82, 2.24) is 14.5 Å². The van der Waals surface area contributed by atoms with Crippen molar-refractivity contribution in [2.24, 2.45) is 0 Å². The van der Waals surface area contributed by atoms with Gasteiger partial charge in [0.15, 0.2) is 0 Å². The van der Waals surface area contributed by atoms with Crippen LogP contribution in [0.4, 0.5) is 0 Å². The van der Waals surface area contributed by atoms with Gasteiger partial charge in [-0.3, -0.25) is 4.98 Å². The zero-order valence-electron chi connectivity index (χ0n) is 17.3. The Morgan fingerprint density at radius 1 is 0.935 bits per heavy atom. The number of fused-ring (bicyclic) bond motifs is 3. The van der Waals surface area contributed by atoms with Gasteiger partial charge in [0, 0.05) is 13.0 Å². The van der Waals surface area contributed by atoms with E-state index in [9.17, 15) is 0 Å². The second-order valence-electron chi connectivity index (χ2n) is 7.38. The molecule has 0 bridgehead atoms. The van der Waals surface area contributed by atoms with Gasteiger partial charge in [0.25, 0.3) is 0 Å². The van der Waals surface area contributed by atoms with Gasteiger partial charge in [0.2, 0.25) is 0 Å². The lowest BCUT2D eigenvalue weighted by Crippen LogP contribution is -2.09. The molecule has 0 radical (unpaired) electrons. The predicted molar refractivity (Wildman–Crippen MR) is 125 cm³/mol. The molecule has 156 valence electrons. The normalized spacial score (nSPS) is 11.4. The summed E-state index contributed by atoms with van der Waals surface area (Å²) in [4.78, 5) is 9.50. The summed E-state index contributed by atoms with van der Waals surface area (Å²) in [5.41, 5.74) is 5.47. The molecular formula is C25H23N3O2S. The molecule has 0 unspecified atom stereocenters. The lowest BCUT2D eigenvalue weighted by molar-refractivity contribution is 0.122. The van der Waals surface area contributed by atoms with Crippen LogP contribution in [0.15, 0.2) is 72.2 Å². The first-order chi connectivity index (χ1) is 15.3. The molecule has 3 heterocycles. The van der Waals surface area contributed by atoms with Crippen LogP contribution in [0.2, 0.25) is 0 Å². The predicted octanol–water partition coefficient (Wildman–Crippen LogP) is 5.46. The van der Waals surface area contributed by atoms with Gasteiger partial charge in [-0.15, -0.1) is 11.3 Å². The van der Waals surface area contributed by atoms with Crippen molar-refractivity contribution in [2.45, 2.75) is 19.6 Å². The first-order valence-corrected chi connectivity index (χ1v) is 11.2. The number of pyridine rings is 1. The summed E-state index contributed by atoms with van der Waals surface area (Å²) in [7, 11) is 1.69. The van der Waals surface area contributed by atoms with Crippen LogP contribution in [-0.2, 0) is 24.3 Å². The molecule has 0 atom stereocenters. The quantitative estimate of drug-likeness (QED) is 0.307. The largest absolute Gasteiger partial charge is 0.497 e. The fraction of sp³-hybridized carbons (Fsp3) is 0.200.